The van der Waals surface area contributed by atoms with Gasteiger partial charge in [0.15, 0.2) is 0 Å². The summed E-state index contributed by atoms with van der Waals surface area (Å²) >= 11 is 0. The Morgan fingerprint density at radius 3 is 2.94 bits per heavy atom. The lowest BCUT2D eigenvalue weighted by atomic mass is 10.4. The van der Waals surface area contributed by atoms with Crippen molar-refractivity contribution in [3.05, 3.63) is 18.1 Å². The first kappa shape index (κ1) is 13.9. The molecule has 0 unspecified atom stereocenters. The second-order valence-corrected chi connectivity index (χ2v) is 3.96. The molecule has 0 bridgehead atoms. The fourth-order valence-corrected chi connectivity index (χ4v) is 1.40. The van der Waals surface area contributed by atoms with E-state index in [9.17, 15) is 0 Å². The number of hydrogen-bond acceptors (Lipinski definition) is 5. The van der Waals surface area contributed by atoms with Crippen LogP contribution >= 0.6 is 0 Å². The Bertz CT molecular complexity index is 319. The third-order valence-electron chi connectivity index (χ3n) is 2.43. The van der Waals surface area contributed by atoms with Crippen LogP contribution in [0.5, 0.6) is 0 Å². The van der Waals surface area contributed by atoms with E-state index in [2.05, 4.69) is 22.2 Å². The van der Waals surface area contributed by atoms with Crippen molar-refractivity contribution in [1.82, 2.24) is 15.3 Å². The highest BCUT2D eigenvalue weighted by atomic mass is 16.5. The molecular formula is C12H22N4O. The van der Waals surface area contributed by atoms with Crippen molar-refractivity contribution < 1.29 is 4.74 Å². The number of anilines is 1. The zero-order valence-electron chi connectivity index (χ0n) is 10.9. The minimum atomic E-state index is 0.691. The molecule has 0 fully saturated rings. The fraction of sp³-hybridized carbons (Fsp3) is 0.667. The maximum absolute atomic E-state index is 5.04. The molecule has 0 aromatic carbocycles. The zero-order valence-corrected chi connectivity index (χ0v) is 10.9. The van der Waals surface area contributed by atoms with E-state index in [-0.39, 0.29) is 0 Å². The summed E-state index contributed by atoms with van der Waals surface area (Å²) < 4.78 is 5.04. The van der Waals surface area contributed by atoms with Crippen LogP contribution in [-0.2, 0) is 11.3 Å². The normalized spacial score (nSPS) is 10.5. The molecule has 1 heterocycles. The van der Waals surface area contributed by atoms with Gasteiger partial charge in [0, 0.05) is 33.4 Å². The average molecular weight is 238 g/mol. The highest BCUT2D eigenvalue weighted by molar-refractivity contribution is 5.34. The van der Waals surface area contributed by atoms with Crippen molar-refractivity contribution in [3.8, 4) is 0 Å². The number of methoxy groups -OCH3 is 1. The fourth-order valence-electron chi connectivity index (χ4n) is 1.40. The molecule has 1 N–H and O–H groups in total. The number of likely N-dealkylation sites (N-methyl/N-ethyl adjacent to an activating group) is 1. The molecule has 0 amide bonds. The summed E-state index contributed by atoms with van der Waals surface area (Å²) in [5, 5.41) is 3.31. The standard InChI is InChI=1S/C12H22N4O/c1-4-5-13-8-11-9-14-10-12(15-11)16(2)6-7-17-3/h9-10,13H,4-8H2,1-3H3. The molecule has 0 aliphatic heterocycles. The van der Waals surface area contributed by atoms with Crippen molar-refractivity contribution in [2.75, 3.05) is 38.8 Å². The van der Waals surface area contributed by atoms with Gasteiger partial charge >= 0.3 is 0 Å². The summed E-state index contributed by atoms with van der Waals surface area (Å²) in [7, 11) is 3.69. The molecule has 1 rings (SSSR count). The number of hydrogen-bond donors (Lipinski definition) is 1. The van der Waals surface area contributed by atoms with Crippen LogP contribution in [0, 0.1) is 0 Å². The lowest BCUT2D eigenvalue weighted by Crippen LogP contribution is -2.24. The molecule has 17 heavy (non-hydrogen) atoms. The molecule has 5 heteroatoms. The molecule has 1 aromatic rings. The van der Waals surface area contributed by atoms with Gasteiger partial charge in [-0.25, -0.2) is 4.98 Å². The first-order valence-corrected chi connectivity index (χ1v) is 5.99. The monoisotopic (exact) mass is 238 g/mol. The van der Waals surface area contributed by atoms with E-state index >= 15 is 0 Å². The number of nitrogens with zero attached hydrogens (tertiary/aromatic N) is 3. The second kappa shape index (κ2) is 7.97. The highest BCUT2D eigenvalue weighted by Crippen LogP contribution is 2.07. The molecule has 0 aliphatic rings. The van der Waals surface area contributed by atoms with Gasteiger partial charge in [0.05, 0.1) is 18.5 Å². The molecule has 0 spiro atoms. The van der Waals surface area contributed by atoms with Gasteiger partial charge in [0.2, 0.25) is 0 Å². The highest BCUT2D eigenvalue weighted by Gasteiger charge is 2.03. The smallest absolute Gasteiger partial charge is 0.147 e. The van der Waals surface area contributed by atoms with Crippen LogP contribution in [0.25, 0.3) is 0 Å². The van der Waals surface area contributed by atoms with Crippen LogP contribution in [0.2, 0.25) is 0 Å². The molecule has 1 aromatic heterocycles. The average Bonchev–Trinajstić information content (AvgIpc) is 2.36. The topological polar surface area (TPSA) is 50.3 Å². The van der Waals surface area contributed by atoms with E-state index in [1.54, 1.807) is 19.5 Å². The molecule has 0 saturated carbocycles. The summed E-state index contributed by atoms with van der Waals surface area (Å²) in [4.78, 5) is 10.8. The molecule has 0 saturated heterocycles. The van der Waals surface area contributed by atoms with Crippen LogP contribution in [0.15, 0.2) is 12.4 Å². The van der Waals surface area contributed by atoms with Gasteiger partial charge in [-0.15, -0.1) is 0 Å². The lowest BCUT2D eigenvalue weighted by molar-refractivity contribution is 0.206. The zero-order chi connectivity index (χ0) is 12.5. The quantitative estimate of drug-likeness (QED) is 0.686. The summed E-state index contributed by atoms with van der Waals surface area (Å²) in [6.45, 7) is 5.43. The van der Waals surface area contributed by atoms with Gasteiger partial charge in [-0.1, -0.05) is 6.92 Å². The Morgan fingerprint density at radius 2 is 2.24 bits per heavy atom. The first-order chi connectivity index (χ1) is 8.27. The number of ether oxygens (including phenoxy) is 1. The summed E-state index contributed by atoms with van der Waals surface area (Å²) in [6, 6.07) is 0. The van der Waals surface area contributed by atoms with Gasteiger partial charge in [-0.3, -0.25) is 4.98 Å². The van der Waals surface area contributed by atoms with Crippen molar-refractivity contribution in [1.29, 1.82) is 0 Å². The predicted molar refractivity (Wildman–Crippen MR) is 69.2 cm³/mol. The molecule has 0 aliphatic carbocycles. The van der Waals surface area contributed by atoms with Crippen molar-refractivity contribution in [3.63, 3.8) is 0 Å². The Labute approximate surface area is 103 Å². The van der Waals surface area contributed by atoms with Crippen molar-refractivity contribution in [2.45, 2.75) is 19.9 Å². The third kappa shape index (κ3) is 5.10. The van der Waals surface area contributed by atoms with Gasteiger partial charge < -0.3 is 15.0 Å². The molecular weight excluding hydrogens is 216 g/mol. The molecule has 0 atom stereocenters. The van der Waals surface area contributed by atoms with Gasteiger partial charge in [-0.2, -0.15) is 0 Å². The SMILES string of the molecule is CCCNCc1cncc(N(C)CCOC)n1. The van der Waals surface area contributed by atoms with Crippen molar-refractivity contribution >= 4 is 5.82 Å². The maximum Gasteiger partial charge on any atom is 0.147 e. The van der Waals surface area contributed by atoms with E-state index in [1.165, 1.54) is 0 Å². The van der Waals surface area contributed by atoms with Crippen LogP contribution in [-0.4, -0.2) is 43.8 Å². The summed E-state index contributed by atoms with van der Waals surface area (Å²) in [6.07, 6.45) is 4.70. The van der Waals surface area contributed by atoms with E-state index in [4.69, 9.17) is 4.74 Å². The Morgan fingerprint density at radius 1 is 1.41 bits per heavy atom. The Balaban J connectivity index is 2.52. The molecule has 5 nitrogen and oxygen atoms in total. The second-order valence-electron chi connectivity index (χ2n) is 3.96. The van der Waals surface area contributed by atoms with Gasteiger partial charge in [0.1, 0.15) is 5.82 Å². The minimum absolute atomic E-state index is 0.691. The maximum atomic E-state index is 5.04. The van der Waals surface area contributed by atoms with Crippen molar-refractivity contribution in [2.24, 2.45) is 0 Å². The molecule has 96 valence electrons. The van der Waals surface area contributed by atoms with Crippen LogP contribution in [0.1, 0.15) is 19.0 Å². The van der Waals surface area contributed by atoms with E-state index in [1.807, 2.05) is 11.9 Å². The summed E-state index contributed by atoms with van der Waals surface area (Å²) in [5.74, 6) is 0.887. The third-order valence-corrected chi connectivity index (χ3v) is 2.43. The number of rotatable bonds is 8. The summed E-state index contributed by atoms with van der Waals surface area (Å²) in [5.41, 5.74) is 0.972. The van der Waals surface area contributed by atoms with Gasteiger partial charge in [0.25, 0.3) is 0 Å². The van der Waals surface area contributed by atoms with E-state index in [0.717, 1.165) is 37.6 Å². The number of aromatic nitrogens is 2. The lowest BCUT2D eigenvalue weighted by Gasteiger charge is -2.17. The molecule has 0 radical (unpaired) electrons. The number of nitrogens with one attached hydrogen (secondary N) is 1. The van der Waals surface area contributed by atoms with Crippen LogP contribution < -0.4 is 10.2 Å². The van der Waals surface area contributed by atoms with Gasteiger partial charge in [-0.05, 0) is 13.0 Å². The Hall–Kier alpha value is -1.20. The van der Waals surface area contributed by atoms with E-state index in [0.29, 0.717) is 6.61 Å². The first-order valence-electron chi connectivity index (χ1n) is 5.99. The van der Waals surface area contributed by atoms with Crippen LogP contribution in [0.3, 0.4) is 0 Å². The van der Waals surface area contributed by atoms with Crippen LogP contribution in [0.4, 0.5) is 5.82 Å². The largest absolute Gasteiger partial charge is 0.383 e. The predicted octanol–water partition coefficient (Wildman–Crippen LogP) is 1.06. The minimum Gasteiger partial charge on any atom is -0.383 e. The Kier molecular flexibility index (Phi) is 6.50. The van der Waals surface area contributed by atoms with E-state index < -0.39 is 0 Å².